The summed E-state index contributed by atoms with van der Waals surface area (Å²) in [4.78, 5) is 26.0. The van der Waals surface area contributed by atoms with Crippen molar-refractivity contribution in [1.29, 1.82) is 0 Å². The van der Waals surface area contributed by atoms with Gasteiger partial charge in [0.2, 0.25) is 11.8 Å². The number of benzene rings is 1. The molecule has 2 amide bonds. The maximum absolute atomic E-state index is 12.9. The Morgan fingerprint density at radius 3 is 2.38 bits per heavy atom. The van der Waals surface area contributed by atoms with Crippen molar-refractivity contribution in [2.24, 2.45) is 5.41 Å². The fourth-order valence-corrected chi connectivity index (χ4v) is 3.09. The predicted octanol–water partition coefficient (Wildman–Crippen LogP) is 1.88. The van der Waals surface area contributed by atoms with Crippen LogP contribution < -0.4 is 5.32 Å². The Kier molecular flexibility index (Phi) is 4.64. The van der Waals surface area contributed by atoms with Crippen LogP contribution in [-0.4, -0.2) is 29.8 Å². The Morgan fingerprint density at radius 2 is 1.76 bits per heavy atom. The molecule has 1 aromatic rings. The first kappa shape index (κ1) is 15.9. The molecular weight excluding hydrogens is 295 g/mol. The second-order valence-electron chi connectivity index (χ2n) is 5.62. The van der Waals surface area contributed by atoms with Gasteiger partial charge in [-0.05, 0) is 43.6 Å². The quantitative estimate of drug-likeness (QED) is 0.848. The normalized spacial score (nSPS) is 20.7. The summed E-state index contributed by atoms with van der Waals surface area (Å²) in [7, 11) is 0. The molecule has 4 nitrogen and oxygen atoms in total. The van der Waals surface area contributed by atoms with Gasteiger partial charge in [0, 0.05) is 6.42 Å². The third kappa shape index (κ3) is 2.94. The number of rotatable bonds is 2. The lowest BCUT2D eigenvalue weighted by Gasteiger charge is -2.31. The van der Waals surface area contributed by atoms with Crippen LogP contribution in [0.4, 0.5) is 4.39 Å². The van der Waals surface area contributed by atoms with Crippen LogP contribution in [0.5, 0.6) is 0 Å². The van der Waals surface area contributed by atoms with Crippen LogP contribution in [0, 0.1) is 11.2 Å². The van der Waals surface area contributed by atoms with Crippen LogP contribution in [0.2, 0.25) is 0 Å². The number of hydrogen-bond acceptors (Lipinski definition) is 3. The highest BCUT2D eigenvalue weighted by atomic mass is 35.5. The summed E-state index contributed by atoms with van der Waals surface area (Å²) in [6.07, 6.45) is 1.75. The molecule has 0 aliphatic carbocycles. The first-order valence-electron chi connectivity index (χ1n) is 6.91. The van der Waals surface area contributed by atoms with Crippen molar-refractivity contribution in [3.63, 3.8) is 0 Å². The van der Waals surface area contributed by atoms with Gasteiger partial charge < -0.3 is 5.32 Å². The van der Waals surface area contributed by atoms with Crippen molar-refractivity contribution >= 4 is 24.2 Å². The van der Waals surface area contributed by atoms with E-state index in [2.05, 4.69) is 5.32 Å². The zero-order valence-electron chi connectivity index (χ0n) is 11.6. The SMILES string of the molecule is Cl.O=C1CC2(CCNCC2)C(=O)N1Cc1ccc(F)cc1. The van der Waals surface area contributed by atoms with Gasteiger partial charge in [-0.3, -0.25) is 14.5 Å². The molecular formula is C15H18ClFN2O2. The van der Waals surface area contributed by atoms with Crippen LogP contribution in [-0.2, 0) is 16.1 Å². The topological polar surface area (TPSA) is 49.4 Å². The van der Waals surface area contributed by atoms with Crippen molar-refractivity contribution in [3.8, 4) is 0 Å². The molecule has 2 saturated heterocycles. The second kappa shape index (κ2) is 6.12. The lowest BCUT2D eigenvalue weighted by Crippen LogP contribution is -2.42. The number of nitrogens with zero attached hydrogens (tertiary/aromatic N) is 1. The van der Waals surface area contributed by atoms with Gasteiger partial charge >= 0.3 is 0 Å². The number of halogens is 2. The van der Waals surface area contributed by atoms with Gasteiger partial charge in [0.25, 0.3) is 0 Å². The van der Waals surface area contributed by atoms with E-state index < -0.39 is 5.41 Å². The zero-order valence-corrected chi connectivity index (χ0v) is 12.4. The van der Waals surface area contributed by atoms with Crippen LogP contribution in [0.1, 0.15) is 24.8 Å². The minimum Gasteiger partial charge on any atom is -0.317 e. The molecule has 0 unspecified atom stereocenters. The molecule has 0 saturated carbocycles. The van der Waals surface area contributed by atoms with Gasteiger partial charge in [0.1, 0.15) is 5.82 Å². The van der Waals surface area contributed by atoms with Gasteiger partial charge in [-0.25, -0.2) is 4.39 Å². The summed E-state index contributed by atoms with van der Waals surface area (Å²) in [6, 6.07) is 5.92. The minimum absolute atomic E-state index is 0. The molecule has 2 fully saturated rings. The summed E-state index contributed by atoms with van der Waals surface area (Å²) in [5, 5.41) is 3.22. The van der Waals surface area contributed by atoms with E-state index in [0.717, 1.165) is 31.5 Å². The number of likely N-dealkylation sites (tertiary alicyclic amines) is 1. The fourth-order valence-electron chi connectivity index (χ4n) is 3.09. The monoisotopic (exact) mass is 312 g/mol. The molecule has 21 heavy (non-hydrogen) atoms. The van der Waals surface area contributed by atoms with Crippen LogP contribution >= 0.6 is 12.4 Å². The van der Waals surface area contributed by atoms with E-state index in [1.54, 1.807) is 12.1 Å². The largest absolute Gasteiger partial charge is 0.317 e. The maximum Gasteiger partial charge on any atom is 0.236 e. The molecule has 0 bridgehead atoms. The van der Waals surface area contributed by atoms with Crippen molar-refractivity contribution in [2.45, 2.75) is 25.8 Å². The minimum atomic E-state index is -0.498. The Bertz CT molecular complexity index is 541. The summed E-state index contributed by atoms with van der Waals surface area (Å²) in [5.74, 6) is -0.489. The van der Waals surface area contributed by atoms with Crippen LogP contribution in [0.25, 0.3) is 0 Å². The summed E-state index contributed by atoms with van der Waals surface area (Å²) < 4.78 is 12.9. The molecule has 1 N–H and O–H groups in total. The number of amides is 2. The third-order valence-electron chi connectivity index (χ3n) is 4.30. The zero-order chi connectivity index (χ0) is 14.2. The summed E-state index contributed by atoms with van der Waals surface area (Å²) in [5.41, 5.74) is 0.279. The predicted molar refractivity (Wildman–Crippen MR) is 78.4 cm³/mol. The summed E-state index contributed by atoms with van der Waals surface area (Å²) >= 11 is 0. The molecule has 2 aliphatic rings. The second-order valence-corrected chi connectivity index (χ2v) is 5.62. The van der Waals surface area contributed by atoms with E-state index in [9.17, 15) is 14.0 Å². The van der Waals surface area contributed by atoms with Crippen molar-refractivity contribution < 1.29 is 14.0 Å². The van der Waals surface area contributed by atoms with E-state index in [-0.39, 0.29) is 36.6 Å². The standard InChI is InChI=1S/C15H17FN2O2.ClH/c16-12-3-1-11(2-4-12)10-18-13(19)9-15(14(18)20)5-7-17-8-6-15;/h1-4,17H,5-10H2;1H. The van der Waals surface area contributed by atoms with E-state index >= 15 is 0 Å². The molecule has 6 heteroatoms. The van der Waals surface area contributed by atoms with Crippen molar-refractivity contribution in [3.05, 3.63) is 35.6 Å². The first-order valence-corrected chi connectivity index (χ1v) is 6.91. The molecule has 1 spiro atoms. The average molecular weight is 313 g/mol. The van der Waals surface area contributed by atoms with Crippen molar-refractivity contribution in [2.75, 3.05) is 13.1 Å². The third-order valence-corrected chi connectivity index (χ3v) is 4.30. The number of hydrogen-bond donors (Lipinski definition) is 1. The molecule has 1 aromatic carbocycles. The lowest BCUT2D eigenvalue weighted by molar-refractivity contribution is -0.142. The number of carbonyl (C=O) groups is 2. The highest BCUT2D eigenvalue weighted by molar-refractivity contribution is 6.05. The Hall–Kier alpha value is -1.46. The van der Waals surface area contributed by atoms with Crippen LogP contribution in [0.3, 0.4) is 0 Å². The number of imide groups is 1. The Morgan fingerprint density at radius 1 is 1.14 bits per heavy atom. The molecule has 114 valence electrons. The van der Waals surface area contributed by atoms with E-state index in [4.69, 9.17) is 0 Å². The molecule has 0 atom stereocenters. The molecule has 0 radical (unpaired) electrons. The molecule has 2 aliphatic heterocycles. The highest BCUT2D eigenvalue weighted by Crippen LogP contribution is 2.41. The molecule has 0 aromatic heterocycles. The Labute approximate surface area is 129 Å². The maximum atomic E-state index is 12.9. The molecule has 2 heterocycles. The van der Waals surface area contributed by atoms with Gasteiger partial charge in [0.05, 0.1) is 12.0 Å². The van der Waals surface area contributed by atoms with Crippen molar-refractivity contribution in [1.82, 2.24) is 10.2 Å². The van der Waals surface area contributed by atoms with Gasteiger partial charge in [-0.15, -0.1) is 12.4 Å². The first-order chi connectivity index (χ1) is 9.61. The van der Waals surface area contributed by atoms with E-state index in [0.29, 0.717) is 6.42 Å². The smallest absolute Gasteiger partial charge is 0.236 e. The van der Waals surface area contributed by atoms with E-state index in [1.165, 1.54) is 17.0 Å². The van der Waals surface area contributed by atoms with Gasteiger partial charge in [-0.1, -0.05) is 12.1 Å². The van der Waals surface area contributed by atoms with E-state index in [1.807, 2.05) is 0 Å². The van der Waals surface area contributed by atoms with Gasteiger partial charge in [0.15, 0.2) is 0 Å². The average Bonchev–Trinajstić information content (AvgIpc) is 2.67. The fraction of sp³-hybridized carbons (Fsp3) is 0.467. The van der Waals surface area contributed by atoms with Crippen LogP contribution in [0.15, 0.2) is 24.3 Å². The number of carbonyl (C=O) groups excluding carboxylic acids is 2. The lowest BCUT2D eigenvalue weighted by atomic mass is 9.77. The highest BCUT2D eigenvalue weighted by Gasteiger charge is 2.51. The Balaban J connectivity index is 0.00000161. The van der Waals surface area contributed by atoms with Gasteiger partial charge in [-0.2, -0.15) is 0 Å². The molecule has 3 rings (SSSR count). The number of piperidine rings is 1. The number of nitrogens with one attached hydrogen (secondary N) is 1. The summed E-state index contributed by atoms with van der Waals surface area (Å²) in [6.45, 7) is 1.81.